The van der Waals surface area contributed by atoms with E-state index in [4.69, 9.17) is 4.74 Å². The highest BCUT2D eigenvalue weighted by atomic mass is 16.5. The number of hydrazine groups is 1. The fourth-order valence-corrected chi connectivity index (χ4v) is 1.55. The molecule has 0 aliphatic heterocycles. The van der Waals surface area contributed by atoms with Gasteiger partial charge in [-0.25, -0.2) is 0 Å². The molecular formula is C13H16N2O3. The van der Waals surface area contributed by atoms with Crippen molar-refractivity contribution < 1.29 is 14.3 Å². The van der Waals surface area contributed by atoms with Crippen LogP contribution in [0.1, 0.15) is 18.4 Å². The first-order valence-corrected chi connectivity index (χ1v) is 5.90. The van der Waals surface area contributed by atoms with Gasteiger partial charge in [0.05, 0.1) is 13.5 Å². The third-order valence-corrected chi connectivity index (χ3v) is 2.80. The fourth-order valence-electron chi connectivity index (χ4n) is 1.55. The second kappa shape index (κ2) is 5.53. The van der Waals surface area contributed by atoms with Crippen LogP contribution in [0.4, 0.5) is 0 Å². The Kier molecular flexibility index (Phi) is 3.82. The Morgan fingerprint density at radius 1 is 1.22 bits per heavy atom. The number of carbonyl (C=O) groups is 2. The van der Waals surface area contributed by atoms with Crippen molar-refractivity contribution in [2.75, 3.05) is 7.11 Å². The Labute approximate surface area is 105 Å². The number of hydrogen-bond acceptors (Lipinski definition) is 3. The van der Waals surface area contributed by atoms with E-state index < -0.39 is 0 Å². The Morgan fingerprint density at radius 2 is 1.89 bits per heavy atom. The van der Waals surface area contributed by atoms with Crippen molar-refractivity contribution in [2.24, 2.45) is 5.92 Å². The molecule has 1 aliphatic rings. The third-order valence-electron chi connectivity index (χ3n) is 2.80. The number of methoxy groups -OCH3 is 1. The second-order valence-electron chi connectivity index (χ2n) is 4.34. The van der Waals surface area contributed by atoms with E-state index in [0.29, 0.717) is 0 Å². The average Bonchev–Trinajstić information content (AvgIpc) is 3.21. The van der Waals surface area contributed by atoms with Gasteiger partial charge in [0.2, 0.25) is 11.8 Å². The highest BCUT2D eigenvalue weighted by Gasteiger charge is 2.29. The van der Waals surface area contributed by atoms with E-state index in [1.807, 2.05) is 12.1 Å². The monoisotopic (exact) mass is 248 g/mol. The van der Waals surface area contributed by atoms with Crippen molar-refractivity contribution in [2.45, 2.75) is 19.3 Å². The molecule has 1 aromatic rings. The molecule has 96 valence electrons. The quantitative estimate of drug-likeness (QED) is 0.774. The molecular weight excluding hydrogens is 232 g/mol. The molecule has 5 heteroatoms. The van der Waals surface area contributed by atoms with Gasteiger partial charge in [0, 0.05) is 5.92 Å². The van der Waals surface area contributed by atoms with Crippen molar-refractivity contribution in [1.82, 2.24) is 10.9 Å². The number of benzene rings is 1. The van der Waals surface area contributed by atoms with Crippen LogP contribution in [0.3, 0.4) is 0 Å². The van der Waals surface area contributed by atoms with Gasteiger partial charge < -0.3 is 4.74 Å². The van der Waals surface area contributed by atoms with Crippen LogP contribution in [0.25, 0.3) is 0 Å². The molecule has 0 aromatic heterocycles. The molecule has 2 amide bonds. The zero-order valence-electron chi connectivity index (χ0n) is 10.2. The molecule has 0 heterocycles. The molecule has 0 atom stereocenters. The Bertz CT molecular complexity index is 438. The third kappa shape index (κ3) is 3.48. The maximum absolute atomic E-state index is 11.6. The lowest BCUT2D eigenvalue weighted by atomic mass is 10.1. The number of carbonyl (C=O) groups excluding carboxylic acids is 2. The summed E-state index contributed by atoms with van der Waals surface area (Å²) in [5.41, 5.74) is 5.70. The van der Waals surface area contributed by atoms with Crippen molar-refractivity contribution in [3.63, 3.8) is 0 Å². The largest absolute Gasteiger partial charge is 0.497 e. The highest BCUT2D eigenvalue weighted by molar-refractivity contribution is 5.85. The predicted molar refractivity (Wildman–Crippen MR) is 65.7 cm³/mol. The van der Waals surface area contributed by atoms with Crippen molar-refractivity contribution in [3.05, 3.63) is 29.8 Å². The fraction of sp³-hybridized carbons (Fsp3) is 0.385. The maximum atomic E-state index is 11.6. The first-order valence-electron chi connectivity index (χ1n) is 5.90. The smallest absolute Gasteiger partial charge is 0.242 e. The first-order chi connectivity index (χ1) is 8.69. The number of rotatable bonds is 4. The minimum atomic E-state index is -0.228. The van der Waals surface area contributed by atoms with Crippen LogP contribution in [-0.2, 0) is 16.0 Å². The molecule has 0 spiro atoms. The summed E-state index contributed by atoms with van der Waals surface area (Å²) in [5.74, 6) is 0.514. The van der Waals surface area contributed by atoms with E-state index in [2.05, 4.69) is 10.9 Å². The molecule has 0 radical (unpaired) electrons. The summed E-state index contributed by atoms with van der Waals surface area (Å²) in [6.07, 6.45) is 2.06. The van der Waals surface area contributed by atoms with Gasteiger partial charge in [-0.15, -0.1) is 0 Å². The van der Waals surface area contributed by atoms with Crippen LogP contribution in [0.15, 0.2) is 24.3 Å². The SMILES string of the molecule is COc1ccc(CC(=O)NNC(=O)C2CC2)cc1. The summed E-state index contributed by atoms with van der Waals surface area (Å²) < 4.78 is 5.03. The van der Waals surface area contributed by atoms with Crippen LogP contribution in [0, 0.1) is 5.92 Å². The zero-order chi connectivity index (χ0) is 13.0. The minimum absolute atomic E-state index is 0.0892. The van der Waals surface area contributed by atoms with E-state index in [1.54, 1.807) is 19.2 Å². The zero-order valence-corrected chi connectivity index (χ0v) is 10.2. The van der Waals surface area contributed by atoms with Crippen LogP contribution < -0.4 is 15.6 Å². The molecule has 2 rings (SSSR count). The summed E-state index contributed by atoms with van der Waals surface area (Å²) >= 11 is 0. The van der Waals surface area contributed by atoms with E-state index in [-0.39, 0.29) is 24.2 Å². The average molecular weight is 248 g/mol. The normalized spacial score (nSPS) is 13.8. The van der Waals surface area contributed by atoms with Gasteiger partial charge in [0.15, 0.2) is 0 Å². The molecule has 0 bridgehead atoms. The van der Waals surface area contributed by atoms with E-state index in [0.717, 1.165) is 24.2 Å². The number of hydrogen-bond donors (Lipinski definition) is 2. The summed E-state index contributed by atoms with van der Waals surface area (Å²) in [7, 11) is 1.59. The number of amides is 2. The van der Waals surface area contributed by atoms with Crippen LogP contribution in [0.5, 0.6) is 5.75 Å². The first kappa shape index (κ1) is 12.4. The van der Waals surface area contributed by atoms with Crippen molar-refractivity contribution >= 4 is 11.8 Å². The van der Waals surface area contributed by atoms with Gasteiger partial charge in [-0.2, -0.15) is 0 Å². The van der Waals surface area contributed by atoms with E-state index >= 15 is 0 Å². The molecule has 18 heavy (non-hydrogen) atoms. The molecule has 1 saturated carbocycles. The van der Waals surface area contributed by atoms with Crippen LogP contribution in [-0.4, -0.2) is 18.9 Å². The van der Waals surface area contributed by atoms with E-state index in [1.165, 1.54) is 0 Å². The molecule has 5 nitrogen and oxygen atoms in total. The summed E-state index contributed by atoms with van der Waals surface area (Å²) in [4.78, 5) is 22.9. The molecule has 0 unspecified atom stereocenters. The van der Waals surface area contributed by atoms with Gasteiger partial charge in [0.1, 0.15) is 5.75 Å². The lowest BCUT2D eigenvalue weighted by Gasteiger charge is -2.07. The number of nitrogens with one attached hydrogen (secondary N) is 2. The second-order valence-corrected chi connectivity index (χ2v) is 4.34. The Hall–Kier alpha value is -2.04. The van der Waals surface area contributed by atoms with Gasteiger partial charge in [0.25, 0.3) is 0 Å². The molecule has 1 fully saturated rings. The Balaban J connectivity index is 1.77. The lowest BCUT2D eigenvalue weighted by molar-refractivity contribution is -0.129. The van der Waals surface area contributed by atoms with Crippen molar-refractivity contribution in [3.8, 4) is 5.75 Å². The van der Waals surface area contributed by atoms with Gasteiger partial charge in [-0.1, -0.05) is 12.1 Å². The van der Waals surface area contributed by atoms with Gasteiger partial charge >= 0.3 is 0 Å². The van der Waals surface area contributed by atoms with Gasteiger partial charge in [-0.05, 0) is 30.5 Å². The van der Waals surface area contributed by atoms with Crippen molar-refractivity contribution in [1.29, 1.82) is 0 Å². The molecule has 0 saturated heterocycles. The predicted octanol–water partition coefficient (Wildman–Crippen LogP) is 0.795. The van der Waals surface area contributed by atoms with Crippen LogP contribution >= 0.6 is 0 Å². The minimum Gasteiger partial charge on any atom is -0.497 e. The lowest BCUT2D eigenvalue weighted by Crippen LogP contribution is -2.43. The highest BCUT2D eigenvalue weighted by Crippen LogP contribution is 2.28. The van der Waals surface area contributed by atoms with Crippen LogP contribution in [0.2, 0.25) is 0 Å². The number of ether oxygens (including phenoxy) is 1. The maximum Gasteiger partial charge on any atom is 0.242 e. The van der Waals surface area contributed by atoms with Gasteiger partial charge in [-0.3, -0.25) is 20.4 Å². The summed E-state index contributed by atoms with van der Waals surface area (Å²) in [5, 5.41) is 0. The standard InChI is InChI=1S/C13H16N2O3/c1-18-11-6-2-9(3-7-11)8-12(16)14-15-13(17)10-4-5-10/h2-3,6-7,10H,4-5,8H2,1H3,(H,14,16)(H,15,17). The summed E-state index contributed by atoms with van der Waals surface area (Å²) in [6, 6.07) is 7.24. The topological polar surface area (TPSA) is 67.4 Å². The molecule has 1 aromatic carbocycles. The molecule has 2 N–H and O–H groups in total. The molecule has 1 aliphatic carbocycles. The Morgan fingerprint density at radius 3 is 2.44 bits per heavy atom. The summed E-state index contributed by atoms with van der Waals surface area (Å²) in [6.45, 7) is 0. The van der Waals surface area contributed by atoms with E-state index in [9.17, 15) is 9.59 Å².